The molecule has 0 spiro atoms. The molecule has 7 nitrogen and oxygen atoms in total. The zero-order valence-corrected chi connectivity index (χ0v) is 15.7. The van der Waals surface area contributed by atoms with Crippen LogP contribution in [-0.2, 0) is 14.3 Å². The minimum Gasteiger partial charge on any atom is -0.456 e. The van der Waals surface area contributed by atoms with Gasteiger partial charge in [-0.25, -0.2) is 9.59 Å². The fraction of sp³-hybridized carbons (Fsp3) is 0.389. The third-order valence-corrected chi connectivity index (χ3v) is 4.94. The molecule has 138 valence electrons. The summed E-state index contributed by atoms with van der Waals surface area (Å²) in [5, 5.41) is 5.57. The van der Waals surface area contributed by atoms with E-state index in [1.807, 2.05) is 44.4 Å². The van der Waals surface area contributed by atoms with Crippen molar-refractivity contribution in [3.63, 3.8) is 0 Å². The minimum absolute atomic E-state index is 0.00403. The first-order chi connectivity index (χ1) is 12.4. The van der Waals surface area contributed by atoms with Crippen LogP contribution in [0, 0.1) is 0 Å². The summed E-state index contributed by atoms with van der Waals surface area (Å²) in [5.74, 6) is -0.752. The molecule has 0 aliphatic carbocycles. The van der Waals surface area contributed by atoms with Gasteiger partial charge in [-0.05, 0) is 37.8 Å². The van der Waals surface area contributed by atoms with Gasteiger partial charge >= 0.3 is 12.0 Å². The van der Waals surface area contributed by atoms with Gasteiger partial charge in [-0.1, -0.05) is 12.1 Å². The van der Waals surface area contributed by atoms with Gasteiger partial charge in [-0.2, -0.15) is 0 Å². The number of hydrogen-bond acceptors (Lipinski definition) is 5. The van der Waals surface area contributed by atoms with Gasteiger partial charge in [0.1, 0.15) is 13.2 Å². The second kappa shape index (κ2) is 7.41. The summed E-state index contributed by atoms with van der Waals surface area (Å²) >= 11 is 1.61. The van der Waals surface area contributed by atoms with Gasteiger partial charge in [-0.3, -0.25) is 9.69 Å². The van der Waals surface area contributed by atoms with E-state index < -0.39 is 18.0 Å². The van der Waals surface area contributed by atoms with Crippen LogP contribution in [0.15, 0.2) is 40.4 Å². The summed E-state index contributed by atoms with van der Waals surface area (Å²) in [6, 6.07) is 6.62. The maximum absolute atomic E-state index is 12.6. The van der Waals surface area contributed by atoms with Crippen LogP contribution in [0.25, 0.3) is 0 Å². The number of esters is 1. The van der Waals surface area contributed by atoms with Crippen molar-refractivity contribution < 1.29 is 19.1 Å². The van der Waals surface area contributed by atoms with Crippen molar-refractivity contribution in [3.8, 4) is 0 Å². The average Bonchev–Trinajstić information content (AvgIpc) is 2.98. The lowest BCUT2D eigenvalue weighted by Gasteiger charge is -2.32. The monoisotopic (exact) mass is 375 g/mol. The number of benzene rings is 1. The largest absolute Gasteiger partial charge is 0.456 e. The van der Waals surface area contributed by atoms with Crippen LogP contribution in [-0.4, -0.2) is 48.3 Å². The lowest BCUT2D eigenvalue weighted by molar-refractivity contribution is -0.136. The highest BCUT2D eigenvalue weighted by atomic mass is 32.2. The van der Waals surface area contributed by atoms with Crippen molar-refractivity contribution in [2.24, 2.45) is 0 Å². The predicted molar refractivity (Wildman–Crippen MR) is 97.5 cm³/mol. The summed E-state index contributed by atoms with van der Waals surface area (Å²) in [7, 11) is 0. The molecule has 0 saturated carbocycles. The maximum Gasteiger partial charge on any atom is 0.338 e. The molecule has 0 saturated heterocycles. The number of cyclic esters (lactones) is 1. The van der Waals surface area contributed by atoms with Crippen LogP contribution in [0.2, 0.25) is 0 Å². The fourth-order valence-electron chi connectivity index (χ4n) is 3.04. The zero-order valence-electron chi connectivity index (χ0n) is 14.9. The second-order valence-corrected chi connectivity index (χ2v) is 7.28. The molecule has 1 aromatic rings. The zero-order chi connectivity index (χ0) is 18.8. The normalized spacial score (nSPS) is 19.4. The van der Waals surface area contributed by atoms with Crippen molar-refractivity contribution in [1.82, 2.24) is 15.5 Å². The molecule has 2 aliphatic heterocycles. The summed E-state index contributed by atoms with van der Waals surface area (Å²) in [6.07, 6.45) is 1.98. The number of carbonyl (C=O) groups is 3. The summed E-state index contributed by atoms with van der Waals surface area (Å²) in [4.78, 5) is 39.3. The van der Waals surface area contributed by atoms with Crippen LogP contribution in [0.5, 0.6) is 0 Å². The van der Waals surface area contributed by atoms with Gasteiger partial charge in [0, 0.05) is 10.9 Å². The molecule has 0 fully saturated rings. The summed E-state index contributed by atoms with van der Waals surface area (Å²) in [5.41, 5.74) is 1.64. The fourth-order valence-corrected chi connectivity index (χ4v) is 3.44. The molecular weight excluding hydrogens is 354 g/mol. The number of amides is 3. The average molecular weight is 375 g/mol. The second-order valence-electron chi connectivity index (χ2n) is 6.40. The van der Waals surface area contributed by atoms with E-state index in [2.05, 4.69) is 10.6 Å². The predicted octanol–water partition coefficient (Wildman–Crippen LogP) is 1.81. The first-order valence-electron chi connectivity index (χ1n) is 8.32. The molecule has 1 unspecified atom stereocenters. The smallest absolute Gasteiger partial charge is 0.338 e. The molecule has 2 heterocycles. The Morgan fingerprint density at radius 3 is 2.65 bits per heavy atom. The highest BCUT2D eigenvalue weighted by Gasteiger charge is 2.42. The Labute approximate surface area is 156 Å². The van der Waals surface area contributed by atoms with Crippen LogP contribution in [0.4, 0.5) is 4.79 Å². The van der Waals surface area contributed by atoms with Crippen molar-refractivity contribution >= 4 is 29.7 Å². The number of hydrogen-bond donors (Lipinski definition) is 2. The lowest BCUT2D eigenvalue weighted by atomic mass is 9.96. The van der Waals surface area contributed by atoms with E-state index in [1.165, 1.54) is 4.90 Å². The number of nitrogens with zero attached hydrogens (tertiary/aromatic N) is 1. The topological polar surface area (TPSA) is 87.7 Å². The van der Waals surface area contributed by atoms with Gasteiger partial charge in [0.25, 0.3) is 0 Å². The molecule has 1 aromatic carbocycles. The Kier molecular flexibility index (Phi) is 5.22. The molecule has 8 heteroatoms. The highest BCUT2D eigenvalue weighted by molar-refractivity contribution is 7.98. The lowest BCUT2D eigenvalue weighted by Crippen LogP contribution is -2.51. The highest BCUT2D eigenvalue weighted by Crippen LogP contribution is 2.35. The molecule has 3 rings (SSSR count). The molecule has 3 amide bonds. The molecule has 1 atom stereocenters. The number of thioether (sulfide) groups is 1. The number of ether oxygens (including phenoxy) is 1. The molecule has 2 aliphatic rings. The van der Waals surface area contributed by atoms with Crippen molar-refractivity contribution in [1.29, 1.82) is 0 Å². The quantitative estimate of drug-likeness (QED) is 0.605. The number of carbonyl (C=O) groups excluding carboxylic acids is 3. The first kappa shape index (κ1) is 18.3. The van der Waals surface area contributed by atoms with Crippen molar-refractivity contribution in [2.45, 2.75) is 30.8 Å². The number of rotatable bonds is 5. The van der Waals surface area contributed by atoms with Gasteiger partial charge in [0.05, 0.1) is 17.3 Å². The third-order valence-electron chi connectivity index (χ3n) is 4.20. The van der Waals surface area contributed by atoms with Crippen LogP contribution in [0.1, 0.15) is 25.5 Å². The molecule has 0 bridgehead atoms. The van der Waals surface area contributed by atoms with E-state index in [1.54, 1.807) is 11.8 Å². The Morgan fingerprint density at radius 2 is 2.04 bits per heavy atom. The van der Waals surface area contributed by atoms with Gasteiger partial charge in [0.15, 0.2) is 0 Å². The minimum atomic E-state index is -0.576. The Balaban J connectivity index is 1.91. The van der Waals surface area contributed by atoms with E-state index in [0.29, 0.717) is 11.3 Å². The Hall–Kier alpha value is -2.48. The maximum atomic E-state index is 12.6. The summed E-state index contributed by atoms with van der Waals surface area (Å²) < 4.78 is 5.16. The van der Waals surface area contributed by atoms with E-state index >= 15 is 0 Å². The SMILES string of the molecule is CSc1ccc(C2NC(=O)N(CC(=O)NC(C)C)C3=C2C(=O)OC3)cc1. The van der Waals surface area contributed by atoms with Crippen molar-refractivity contribution in [2.75, 3.05) is 19.4 Å². The number of urea groups is 1. The van der Waals surface area contributed by atoms with Crippen LogP contribution in [0.3, 0.4) is 0 Å². The Morgan fingerprint density at radius 1 is 1.35 bits per heavy atom. The third kappa shape index (κ3) is 3.55. The Bertz CT molecular complexity index is 773. The molecule has 0 radical (unpaired) electrons. The molecule has 0 aromatic heterocycles. The van der Waals surface area contributed by atoms with Gasteiger partial charge in [-0.15, -0.1) is 11.8 Å². The van der Waals surface area contributed by atoms with E-state index in [-0.39, 0.29) is 25.1 Å². The molecule has 26 heavy (non-hydrogen) atoms. The molecule has 2 N–H and O–H groups in total. The van der Waals surface area contributed by atoms with E-state index in [0.717, 1.165) is 10.5 Å². The number of nitrogens with one attached hydrogen (secondary N) is 2. The van der Waals surface area contributed by atoms with E-state index in [4.69, 9.17) is 4.74 Å². The van der Waals surface area contributed by atoms with Crippen LogP contribution < -0.4 is 10.6 Å². The standard InChI is InChI=1S/C18H21N3O4S/c1-10(2)19-14(22)8-21-13-9-25-17(23)15(13)16(20-18(21)24)11-4-6-12(26-3)7-5-11/h4-7,10,16H,8-9H2,1-3H3,(H,19,22)(H,20,24). The van der Waals surface area contributed by atoms with Gasteiger partial charge in [0.2, 0.25) is 5.91 Å². The van der Waals surface area contributed by atoms with E-state index in [9.17, 15) is 14.4 Å². The van der Waals surface area contributed by atoms with Crippen molar-refractivity contribution in [3.05, 3.63) is 41.1 Å². The van der Waals surface area contributed by atoms with Crippen LogP contribution >= 0.6 is 11.8 Å². The van der Waals surface area contributed by atoms with Gasteiger partial charge < -0.3 is 15.4 Å². The molecular formula is C18H21N3O4S. The first-order valence-corrected chi connectivity index (χ1v) is 9.54. The summed E-state index contributed by atoms with van der Waals surface area (Å²) in [6.45, 7) is 3.53.